The third-order valence-corrected chi connectivity index (χ3v) is 6.66. The maximum atomic E-state index is 12.6. The lowest BCUT2D eigenvalue weighted by atomic mass is 9.84. The summed E-state index contributed by atoms with van der Waals surface area (Å²) in [5.41, 5.74) is -0.917. The van der Waals surface area contributed by atoms with Gasteiger partial charge in [0.15, 0.2) is 17.4 Å². The Labute approximate surface area is 234 Å². The number of nitrogens with zero attached hydrogens (tertiary/aromatic N) is 4. The summed E-state index contributed by atoms with van der Waals surface area (Å²) in [6.07, 6.45) is -4.05. The van der Waals surface area contributed by atoms with Crippen LogP contribution in [0.15, 0.2) is 35.4 Å². The summed E-state index contributed by atoms with van der Waals surface area (Å²) in [6.45, 7) is 8.03. The number of nitrogens with one attached hydrogen (secondary N) is 2. The van der Waals surface area contributed by atoms with Crippen molar-refractivity contribution in [2.75, 3.05) is 18.7 Å². The average molecular weight is 575 g/mol. The number of benzene rings is 1. The number of aliphatic hydroxyl groups excluding tert-OH is 2. The quantitative estimate of drug-likeness (QED) is 0.157. The number of nitro groups is 1. The van der Waals surface area contributed by atoms with E-state index in [-0.39, 0.29) is 34.6 Å². The van der Waals surface area contributed by atoms with Gasteiger partial charge >= 0.3 is 0 Å². The molecule has 3 heterocycles. The van der Waals surface area contributed by atoms with Gasteiger partial charge in [-0.15, -0.1) is 0 Å². The fourth-order valence-corrected chi connectivity index (χ4v) is 4.57. The van der Waals surface area contributed by atoms with Crippen molar-refractivity contribution < 1.29 is 34.1 Å². The lowest BCUT2D eigenvalue weighted by Crippen LogP contribution is -2.36. The highest BCUT2D eigenvalue weighted by atomic mass is 16.7. The van der Waals surface area contributed by atoms with Crippen LogP contribution in [0, 0.1) is 21.4 Å². The van der Waals surface area contributed by atoms with E-state index in [1.807, 2.05) is 20.8 Å². The van der Waals surface area contributed by atoms with Crippen molar-refractivity contribution >= 4 is 28.7 Å². The summed E-state index contributed by atoms with van der Waals surface area (Å²) in [6, 6.07) is 6.25. The van der Waals surface area contributed by atoms with Crippen LogP contribution in [-0.4, -0.2) is 72.3 Å². The Morgan fingerprint density at radius 2 is 2.02 bits per heavy atom. The molecule has 1 saturated heterocycles. The Morgan fingerprint density at radius 3 is 2.66 bits per heavy atom. The number of anilines is 1. The Morgan fingerprint density at radius 1 is 1.32 bits per heavy atom. The van der Waals surface area contributed by atoms with Crippen molar-refractivity contribution in [1.29, 1.82) is 0 Å². The first kappa shape index (κ1) is 30.2. The topological polar surface area (TPSA) is 204 Å². The van der Waals surface area contributed by atoms with Gasteiger partial charge in [-0.1, -0.05) is 46.8 Å². The molecular formula is C26H34N6O9. The minimum Gasteiger partial charge on any atom is -0.394 e. The number of ether oxygens (including phenoxy) is 3. The Hall–Kier alpha value is -3.76. The predicted molar refractivity (Wildman–Crippen MR) is 145 cm³/mol. The number of H-pyrrole nitrogens is 1. The van der Waals surface area contributed by atoms with Gasteiger partial charge in [-0.2, -0.15) is 4.98 Å². The molecule has 0 saturated carbocycles. The second-order valence-electron chi connectivity index (χ2n) is 11.1. The van der Waals surface area contributed by atoms with Gasteiger partial charge in [-0.25, -0.2) is 4.98 Å². The van der Waals surface area contributed by atoms with E-state index >= 15 is 0 Å². The van der Waals surface area contributed by atoms with E-state index in [0.29, 0.717) is 5.56 Å². The van der Waals surface area contributed by atoms with E-state index in [0.717, 1.165) is 0 Å². The van der Waals surface area contributed by atoms with Crippen LogP contribution in [-0.2, 0) is 19.0 Å². The van der Waals surface area contributed by atoms with Crippen molar-refractivity contribution in [3.8, 4) is 0 Å². The number of carbonyl (C=O) groups is 1. The lowest BCUT2D eigenvalue weighted by Gasteiger charge is -2.31. The van der Waals surface area contributed by atoms with Crippen LogP contribution in [0.3, 0.4) is 0 Å². The van der Waals surface area contributed by atoms with Gasteiger partial charge in [0.2, 0.25) is 11.9 Å². The molecule has 1 amide bonds. The lowest BCUT2D eigenvalue weighted by molar-refractivity contribution is -0.386. The van der Waals surface area contributed by atoms with E-state index in [2.05, 4.69) is 20.3 Å². The highest BCUT2D eigenvalue weighted by molar-refractivity contribution is 5.91. The summed E-state index contributed by atoms with van der Waals surface area (Å²) in [5, 5.41) is 34.9. The molecule has 0 radical (unpaired) electrons. The van der Waals surface area contributed by atoms with Gasteiger partial charge < -0.3 is 24.4 Å². The van der Waals surface area contributed by atoms with Crippen LogP contribution in [0.1, 0.15) is 52.5 Å². The first-order valence-corrected chi connectivity index (χ1v) is 13.0. The molecule has 2 unspecified atom stereocenters. The molecule has 4 rings (SSSR count). The summed E-state index contributed by atoms with van der Waals surface area (Å²) in [5.74, 6) is -0.832. The molecule has 1 aliphatic heterocycles. The maximum absolute atomic E-state index is 12.6. The van der Waals surface area contributed by atoms with Gasteiger partial charge in [-0.3, -0.25) is 34.6 Å². The third kappa shape index (κ3) is 6.28. The minimum atomic E-state index is -1.31. The summed E-state index contributed by atoms with van der Waals surface area (Å²) >= 11 is 0. The zero-order chi connectivity index (χ0) is 30.1. The first-order valence-electron chi connectivity index (χ1n) is 13.0. The molecule has 5 atom stereocenters. The van der Waals surface area contributed by atoms with Gasteiger partial charge in [0, 0.05) is 12.0 Å². The number of para-hydroxylation sites is 1. The van der Waals surface area contributed by atoms with Crippen molar-refractivity contribution in [2.24, 2.45) is 11.3 Å². The molecule has 3 aromatic rings. The SMILES string of the molecule is CC(C)C(=O)Nc1nc2c(ncn2[C@@H]2O[C@H](CO)C(O)[C@@H]2OCOC(c2ccccc2[N+](=O)[O-])C(C)(C)C)c(=O)[nH]1. The number of aliphatic hydroxyl groups is 2. The molecule has 4 N–H and O–H groups in total. The molecular weight excluding hydrogens is 540 g/mol. The van der Waals surface area contributed by atoms with Crippen molar-refractivity contribution in [3.05, 3.63) is 56.6 Å². The van der Waals surface area contributed by atoms with Crippen LogP contribution in [0.4, 0.5) is 11.6 Å². The summed E-state index contributed by atoms with van der Waals surface area (Å²) in [4.78, 5) is 46.9. The molecule has 0 aliphatic carbocycles. The fourth-order valence-electron chi connectivity index (χ4n) is 4.57. The van der Waals surface area contributed by atoms with Gasteiger partial charge in [0.05, 0.1) is 29.5 Å². The highest BCUT2D eigenvalue weighted by Crippen LogP contribution is 2.41. The number of nitro benzene ring substituents is 1. The number of amides is 1. The number of aromatic amines is 1. The number of carbonyl (C=O) groups excluding carboxylic acids is 1. The summed E-state index contributed by atoms with van der Waals surface area (Å²) in [7, 11) is 0. The second kappa shape index (κ2) is 12.0. The monoisotopic (exact) mass is 574 g/mol. The van der Waals surface area contributed by atoms with E-state index in [1.165, 1.54) is 17.0 Å². The number of imidazole rings is 1. The van der Waals surface area contributed by atoms with E-state index < -0.39 is 59.9 Å². The standard InChI is InChI=1S/C26H34N6O9/c1-13(2)22(35)29-25-28-21-17(23(36)30-25)27-11-31(21)24-19(18(34)16(10-33)41-24)39-12-40-20(26(3,4)5)14-8-6-7-9-15(14)32(37)38/h6-9,11,13,16,18-20,24,33-34H,10,12H2,1-5H3,(H2,28,29,30,35,36)/t16-,18?,19+,20?,24-/m1/s1. The number of fused-ring (bicyclic) bond motifs is 1. The zero-order valence-electron chi connectivity index (χ0n) is 23.3. The molecule has 0 spiro atoms. The second-order valence-corrected chi connectivity index (χ2v) is 11.1. The van der Waals surface area contributed by atoms with Crippen molar-refractivity contribution in [1.82, 2.24) is 19.5 Å². The van der Waals surface area contributed by atoms with E-state index in [9.17, 15) is 29.9 Å². The minimum absolute atomic E-state index is 0.0442. The number of aromatic nitrogens is 4. The highest BCUT2D eigenvalue weighted by Gasteiger charge is 2.46. The zero-order valence-corrected chi connectivity index (χ0v) is 23.3. The van der Waals surface area contributed by atoms with Gasteiger partial charge in [-0.05, 0) is 11.5 Å². The van der Waals surface area contributed by atoms with Gasteiger partial charge in [0.25, 0.3) is 11.2 Å². The molecule has 15 nitrogen and oxygen atoms in total. The normalized spacial score (nSPS) is 21.9. The summed E-state index contributed by atoms with van der Waals surface area (Å²) < 4.78 is 19.2. The Kier molecular flexibility index (Phi) is 8.84. The number of hydrogen-bond donors (Lipinski definition) is 4. The average Bonchev–Trinajstić information content (AvgIpc) is 3.46. The van der Waals surface area contributed by atoms with Crippen LogP contribution >= 0.6 is 0 Å². The van der Waals surface area contributed by atoms with Crippen LogP contribution < -0.4 is 10.9 Å². The number of hydrogen-bond acceptors (Lipinski definition) is 11. The number of rotatable bonds is 10. The first-order chi connectivity index (χ1) is 19.3. The van der Waals surface area contributed by atoms with Crippen molar-refractivity contribution in [3.63, 3.8) is 0 Å². The molecule has 222 valence electrons. The van der Waals surface area contributed by atoms with Crippen molar-refractivity contribution in [2.45, 2.75) is 65.3 Å². The molecule has 15 heteroatoms. The smallest absolute Gasteiger partial charge is 0.280 e. The Balaban J connectivity index is 1.62. The molecule has 0 bridgehead atoms. The van der Waals surface area contributed by atoms with E-state index in [4.69, 9.17) is 14.2 Å². The van der Waals surface area contributed by atoms with Crippen LogP contribution in [0.5, 0.6) is 0 Å². The van der Waals surface area contributed by atoms with Crippen LogP contribution in [0.2, 0.25) is 0 Å². The largest absolute Gasteiger partial charge is 0.394 e. The maximum Gasteiger partial charge on any atom is 0.280 e. The van der Waals surface area contributed by atoms with Gasteiger partial charge in [0.1, 0.15) is 25.1 Å². The molecule has 1 fully saturated rings. The predicted octanol–water partition coefficient (Wildman–Crippen LogP) is 2.02. The molecule has 2 aromatic heterocycles. The third-order valence-electron chi connectivity index (χ3n) is 6.66. The molecule has 1 aromatic carbocycles. The molecule has 1 aliphatic rings. The van der Waals surface area contributed by atoms with E-state index in [1.54, 1.807) is 32.0 Å². The Bertz CT molecular complexity index is 1460. The molecule has 41 heavy (non-hydrogen) atoms. The van der Waals surface area contributed by atoms with Crippen LogP contribution in [0.25, 0.3) is 11.2 Å². The fraction of sp³-hybridized carbons (Fsp3) is 0.538.